The molecule has 196 valence electrons. The second-order valence-electron chi connectivity index (χ2n) is 9.91. The molecular weight excluding hydrogens is 523 g/mol. The van der Waals surface area contributed by atoms with Crippen LogP contribution in [0, 0.1) is 0 Å². The highest BCUT2D eigenvalue weighted by atomic mass is 35.5. The summed E-state index contributed by atoms with van der Waals surface area (Å²) in [6.07, 6.45) is 5.86. The number of aromatic nitrogens is 2. The van der Waals surface area contributed by atoms with Crippen molar-refractivity contribution in [1.82, 2.24) is 9.55 Å². The number of hydrogen-bond acceptors (Lipinski definition) is 1. The Labute approximate surface area is 245 Å². The van der Waals surface area contributed by atoms with E-state index in [0.717, 1.165) is 5.02 Å². The molecule has 0 saturated carbocycles. The first-order chi connectivity index (χ1) is 19.7. The minimum absolute atomic E-state index is 0.243. The van der Waals surface area contributed by atoms with E-state index >= 15 is 0 Å². The van der Waals surface area contributed by atoms with Crippen LogP contribution in [0.15, 0.2) is 164 Å². The van der Waals surface area contributed by atoms with Gasteiger partial charge in [0.25, 0.3) is 0 Å². The third-order valence-corrected chi connectivity index (χ3v) is 10.2. The average molecular weight is 555 g/mol. The van der Waals surface area contributed by atoms with Gasteiger partial charge in [0.1, 0.15) is 0 Å². The third kappa shape index (κ3) is 6.36. The monoisotopic (exact) mass is 554 g/mol. The highest BCUT2D eigenvalue weighted by Gasteiger charge is 2.36. The number of halogens is 1. The second kappa shape index (κ2) is 13.3. The molecule has 0 bridgehead atoms. The van der Waals surface area contributed by atoms with Gasteiger partial charge in [-0.3, -0.25) is 0 Å². The third-order valence-electron chi connectivity index (χ3n) is 7.42. The molecule has 0 unspecified atom stereocenters. The van der Waals surface area contributed by atoms with Crippen LogP contribution in [0.4, 0.5) is 0 Å². The van der Waals surface area contributed by atoms with Crippen molar-refractivity contribution in [3.63, 3.8) is 0 Å². The van der Waals surface area contributed by atoms with Crippen molar-refractivity contribution in [3.05, 3.63) is 180 Å². The molecule has 0 spiro atoms. The molecular formula is C35H32BClN2Si. The van der Waals surface area contributed by atoms with Gasteiger partial charge in [0.15, 0.2) is 0 Å². The van der Waals surface area contributed by atoms with E-state index in [1.165, 1.54) is 27.2 Å². The lowest BCUT2D eigenvalue weighted by Gasteiger charge is -2.37. The molecule has 0 N–H and O–H groups in total. The van der Waals surface area contributed by atoms with E-state index in [2.05, 4.69) is 156 Å². The maximum atomic E-state index is 6.12. The quantitative estimate of drug-likeness (QED) is 0.231. The molecule has 0 saturated heterocycles. The summed E-state index contributed by atoms with van der Waals surface area (Å²) in [4.78, 5) is 4.36. The molecule has 1 heterocycles. The van der Waals surface area contributed by atoms with Crippen molar-refractivity contribution in [2.75, 3.05) is 0 Å². The Hall–Kier alpha value is -4.12. The van der Waals surface area contributed by atoms with Gasteiger partial charge >= 0.3 is 0 Å². The lowest BCUT2D eigenvalue weighted by atomic mass is 9.43. The van der Waals surface area contributed by atoms with Crippen molar-refractivity contribution >= 4 is 43.9 Å². The smallest absolute Gasteiger partial charge is 0.206 e. The van der Waals surface area contributed by atoms with Gasteiger partial charge in [0.2, 0.25) is 6.71 Å². The standard InChI is InChI=1S/C22H19ClN2Si.C13H13B/c23-20-11-13-21(14-12-20)26-22(25-16-15-24-17-25,18-7-3-1-4-8-18)19-9-5-2-6-10-19;1-14(12-8-4-2-5-9-12)13-10-6-3-7-11-13/h1-17H,26H2;2-11H,1H3. The fourth-order valence-electron chi connectivity index (χ4n) is 5.25. The zero-order valence-corrected chi connectivity index (χ0v) is 24.8. The molecule has 0 radical (unpaired) electrons. The Balaban J connectivity index is 0.000000194. The molecule has 0 amide bonds. The van der Waals surface area contributed by atoms with Crippen LogP contribution in [0.25, 0.3) is 0 Å². The van der Waals surface area contributed by atoms with Crippen LogP contribution in [0.2, 0.25) is 11.8 Å². The van der Waals surface area contributed by atoms with Gasteiger partial charge in [-0.25, -0.2) is 4.98 Å². The molecule has 2 nitrogen and oxygen atoms in total. The van der Waals surface area contributed by atoms with Gasteiger partial charge in [0, 0.05) is 17.4 Å². The first-order valence-electron chi connectivity index (χ1n) is 13.6. The van der Waals surface area contributed by atoms with E-state index in [4.69, 9.17) is 11.6 Å². The van der Waals surface area contributed by atoms with E-state index in [-0.39, 0.29) is 5.16 Å². The fraction of sp³-hybridized carbons (Fsp3) is 0.0571. The van der Waals surface area contributed by atoms with Crippen LogP contribution in [0.3, 0.4) is 0 Å². The lowest BCUT2D eigenvalue weighted by molar-refractivity contribution is 0.596. The number of benzene rings is 5. The summed E-state index contributed by atoms with van der Waals surface area (Å²) >= 11 is 6.12. The van der Waals surface area contributed by atoms with Crippen LogP contribution in [-0.4, -0.2) is 25.8 Å². The van der Waals surface area contributed by atoms with E-state index < -0.39 is 9.52 Å². The Kier molecular flexibility index (Phi) is 9.12. The van der Waals surface area contributed by atoms with Crippen molar-refractivity contribution in [2.45, 2.75) is 12.0 Å². The predicted molar refractivity (Wildman–Crippen MR) is 175 cm³/mol. The maximum absolute atomic E-state index is 6.12. The first kappa shape index (κ1) is 27.4. The molecule has 0 fully saturated rings. The van der Waals surface area contributed by atoms with Crippen LogP contribution >= 0.6 is 11.6 Å². The Morgan fingerprint density at radius 3 is 1.50 bits per heavy atom. The van der Waals surface area contributed by atoms with Crippen LogP contribution in [-0.2, 0) is 5.16 Å². The molecule has 6 rings (SSSR count). The van der Waals surface area contributed by atoms with Crippen LogP contribution in [0.5, 0.6) is 0 Å². The predicted octanol–water partition coefficient (Wildman–Crippen LogP) is 5.71. The highest BCUT2D eigenvalue weighted by molar-refractivity contribution is 6.84. The zero-order chi connectivity index (χ0) is 27.6. The average Bonchev–Trinajstić information content (AvgIpc) is 3.58. The summed E-state index contributed by atoms with van der Waals surface area (Å²) < 4.78 is 2.26. The first-order valence-corrected chi connectivity index (χ1v) is 15.4. The zero-order valence-electron chi connectivity index (χ0n) is 22.6. The van der Waals surface area contributed by atoms with Crippen molar-refractivity contribution in [2.24, 2.45) is 0 Å². The number of rotatable bonds is 7. The molecule has 0 atom stereocenters. The SMILES string of the molecule is CB(c1ccccc1)c1ccccc1.Clc1ccc([SiH2]C(c2ccccc2)(c2ccccc2)n2ccnc2)cc1. The summed E-state index contributed by atoms with van der Waals surface area (Å²) in [6, 6.07) is 50.9. The molecule has 40 heavy (non-hydrogen) atoms. The summed E-state index contributed by atoms with van der Waals surface area (Å²) in [7, 11) is -0.821. The fourth-order valence-corrected chi connectivity index (χ4v) is 7.68. The number of nitrogens with zero attached hydrogens (tertiary/aromatic N) is 2. The number of hydrogen-bond donors (Lipinski definition) is 0. The minimum atomic E-state index is -0.821. The number of imidazole rings is 1. The highest BCUT2D eigenvalue weighted by Crippen LogP contribution is 2.33. The van der Waals surface area contributed by atoms with Crippen molar-refractivity contribution < 1.29 is 0 Å². The van der Waals surface area contributed by atoms with Gasteiger partial charge in [0.05, 0.1) is 21.0 Å². The van der Waals surface area contributed by atoms with Gasteiger partial charge in [-0.15, -0.1) is 0 Å². The maximum Gasteiger partial charge on any atom is 0.206 e. The minimum Gasteiger partial charge on any atom is -0.326 e. The molecule has 1 aromatic heterocycles. The van der Waals surface area contributed by atoms with E-state index in [1.54, 1.807) is 0 Å². The summed E-state index contributed by atoms with van der Waals surface area (Å²) in [6.45, 7) is 2.72. The Morgan fingerprint density at radius 2 is 1.07 bits per heavy atom. The van der Waals surface area contributed by atoms with E-state index in [9.17, 15) is 0 Å². The van der Waals surface area contributed by atoms with Gasteiger partial charge in [-0.2, -0.15) is 0 Å². The molecule has 5 aromatic carbocycles. The summed E-state index contributed by atoms with van der Waals surface area (Å²) in [5.74, 6) is 0. The largest absolute Gasteiger partial charge is 0.326 e. The van der Waals surface area contributed by atoms with Crippen molar-refractivity contribution in [1.29, 1.82) is 0 Å². The normalized spacial score (nSPS) is 11.2. The molecule has 6 aromatic rings. The van der Waals surface area contributed by atoms with Gasteiger partial charge in [-0.05, 0) is 23.3 Å². The van der Waals surface area contributed by atoms with Gasteiger partial charge < -0.3 is 4.57 Å². The summed E-state index contributed by atoms with van der Waals surface area (Å²) in [5.41, 5.74) is 5.31. The molecule has 0 aliphatic carbocycles. The summed E-state index contributed by atoms with van der Waals surface area (Å²) in [5, 5.41) is 1.89. The lowest BCUT2D eigenvalue weighted by Crippen LogP contribution is -2.46. The molecule has 5 heteroatoms. The van der Waals surface area contributed by atoms with E-state index in [1.807, 2.05) is 24.7 Å². The second-order valence-corrected chi connectivity index (χ2v) is 12.5. The van der Waals surface area contributed by atoms with Gasteiger partial charge in [-0.1, -0.05) is 168 Å². The van der Waals surface area contributed by atoms with E-state index in [0.29, 0.717) is 6.71 Å². The Bertz CT molecular complexity index is 1480. The van der Waals surface area contributed by atoms with Crippen molar-refractivity contribution in [3.8, 4) is 0 Å². The molecule has 0 aliphatic rings. The van der Waals surface area contributed by atoms with Crippen LogP contribution < -0.4 is 16.1 Å². The molecule has 0 aliphatic heterocycles. The Morgan fingerprint density at radius 1 is 0.625 bits per heavy atom. The topological polar surface area (TPSA) is 17.8 Å². The van der Waals surface area contributed by atoms with Crippen LogP contribution in [0.1, 0.15) is 11.1 Å².